The van der Waals surface area contributed by atoms with Gasteiger partial charge < -0.3 is 5.32 Å². The standard InChI is InChI=1S/C18H16BrN3O/c1-13-5-7-14(8-6-13)12-22-17(9-10-20-22)21-18(23)15-3-2-4-16(19)11-15/h2-11H,12H2,1H3,(H,21,23). The van der Waals surface area contributed by atoms with Gasteiger partial charge >= 0.3 is 0 Å². The van der Waals surface area contributed by atoms with Crippen molar-refractivity contribution in [2.75, 3.05) is 5.32 Å². The molecule has 2 aromatic carbocycles. The first-order valence-corrected chi connectivity index (χ1v) is 8.05. The second kappa shape index (κ2) is 6.79. The van der Waals surface area contributed by atoms with Gasteiger partial charge in [0.1, 0.15) is 5.82 Å². The number of aromatic nitrogens is 2. The molecule has 0 radical (unpaired) electrons. The number of anilines is 1. The van der Waals surface area contributed by atoms with Crippen molar-refractivity contribution in [3.63, 3.8) is 0 Å². The van der Waals surface area contributed by atoms with Gasteiger partial charge in [-0.2, -0.15) is 5.10 Å². The molecular weight excluding hydrogens is 354 g/mol. The molecular formula is C18H16BrN3O. The molecule has 0 aliphatic rings. The predicted molar refractivity (Wildman–Crippen MR) is 94.6 cm³/mol. The molecule has 1 heterocycles. The van der Waals surface area contributed by atoms with Gasteiger partial charge in [-0.1, -0.05) is 51.8 Å². The van der Waals surface area contributed by atoms with E-state index < -0.39 is 0 Å². The summed E-state index contributed by atoms with van der Waals surface area (Å²) in [4.78, 5) is 12.3. The van der Waals surface area contributed by atoms with E-state index in [9.17, 15) is 4.79 Å². The Morgan fingerprint density at radius 3 is 2.70 bits per heavy atom. The van der Waals surface area contributed by atoms with Crippen molar-refractivity contribution in [3.8, 4) is 0 Å². The van der Waals surface area contributed by atoms with Crippen LogP contribution in [0.15, 0.2) is 65.3 Å². The number of hydrogen-bond donors (Lipinski definition) is 1. The molecule has 3 rings (SSSR count). The normalized spacial score (nSPS) is 10.5. The van der Waals surface area contributed by atoms with Gasteiger partial charge in [-0.05, 0) is 30.7 Å². The Labute approximate surface area is 143 Å². The quantitative estimate of drug-likeness (QED) is 0.746. The minimum Gasteiger partial charge on any atom is -0.307 e. The Morgan fingerprint density at radius 2 is 1.96 bits per heavy atom. The van der Waals surface area contributed by atoms with Crippen LogP contribution in [0, 0.1) is 6.92 Å². The largest absolute Gasteiger partial charge is 0.307 e. The topological polar surface area (TPSA) is 46.9 Å². The van der Waals surface area contributed by atoms with Gasteiger partial charge in [0.05, 0.1) is 12.7 Å². The zero-order chi connectivity index (χ0) is 16.2. The van der Waals surface area contributed by atoms with Crippen LogP contribution in [0.5, 0.6) is 0 Å². The molecule has 0 aliphatic carbocycles. The van der Waals surface area contributed by atoms with Crippen LogP contribution >= 0.6 is 15.9 Å². The van der Waals surface area contributed by atoms with E-state index in [4.69, 9.17) is 0 Å². The highest BCUT2D eigenvalue weighted by Crippen LogP contribution is 2.15. The van der Waals surface area contributed by atoms with E-state index in [1.807, 2.05) is 12.1 Å². The lowest BCUT2D eigenvalue weighted by Gasteiger charge is -2.09. The van der Waals surface area contributed by atoms with E-state index >= 15 is 0 Å². The third kappa shape index (κ3) is 3.87. The van der Waals surface area contributed by atoms with Gasteiger partial charge in [-0.15, -0.1) is 0 Å². The first-order valence-electron chi connectivity index (χ1n) is 7.26. The highest BCUT2D eigenvalue weighted by Gasteiger charge is 2.10. The Hall–Kier alpha value is -2.40. The first-order chi connectivity index (χ1) is 11.1. The van der Waals surface area contributed by atoms with Crippen LogP contribution in [-0.2, 0) is 6.54 Å². The second-order valence-electron chi connectivity index (χ2n) is 5.32. The summed E-state index contributed by atoms with van der Waals surface area (Å²) in [5.41, 5.74) is 2.96. The van der Waals surface area contributed by atoms with Crippen molar-refractivity contribution < 1.29 is 4.79 Å². The molecule has 3 aromatic rings. The fourth-order valence-corrected chi connectivity index (χ4v) is 2.65. The van der Waals surface area contributed by atoms with Crippen LogP contribution in [0.4, 0.5) is 5.82 Å². The van der Waals surface area contributed by atoms with Gasteiger partial charge in [-0.3, -0.25) is 4.79 Å². The summed E-state index contributed by atoms with van der Waals surface area (Å²) in [6.45, 7) is 2.67. The molecule has 0 atom stereocenters. The van der Waals surface area contributed by atoms with Crippen molar-refractivity contribution in [1.82, 2.24) is 9.78 Å². The van der Waals surface area contributed by atoms with Gasteiger partial charge in [0.15, 0.2) is 0 Å². The molecule has 23 heavy (non-hydrogen) atoms. The summed E-state index contributed by atoms with van der Waals surface area (Å²) >= 11 is 3.38. The van der Waals surface area contributed by atoms with Crippen molar-refractivity contribution in [2.45, 2.75) is 13.5 Å². The van der Waals surface area contributed by atoms with Crippen molar-refractivity contribution in [1.29, 1.82) is 0 Å². The number of halogens is 1. The van der Waals surface area contributed by atoms with E-state index in [1.54, 1.807) is 29.1 Å². The summed E-state index contributed by atoms with van der Waals surface area (Å²) in [6.07, 6.45) is 1.69. The highest BCUT2D eigenvalue weighted by molar-refractivity contribution is 9.10. The summed E-state index contributed by atoms with van der Waals surface area (Å²) in [5, 5.41) is 7.20. The molecule has 1 amide bonds. The maximum Gasteiger partial charge on any atom is 0.256 e. The minimum absolute atomic E-state index is 0.156. The van der Waals surface area contributed by atoms with Gasteiger partial charge in [0.2, 0.25) is 0 Å². The zero-order valence-corrected chi connectivity index (χ0v) is 14.2. The Morgan fingerprint density at radius 1 is 1.17 bits per heavy atom. The zero-order valence-electron chi connectivity index (χ0n) is 12.7. The lowest BCUT2D eigenvalue weighted by molar-refractivity contribution is 0.102. The lowest BCUT2D eigenvalue weighted by atomic mass is 10.1. The third-order valence-corrected chi connectivity index (χ3v) is 3.99. The number of nitrogens with zero attached hydrogens (tertiary/aromatic N) is 2. The van der Waals surface area contributed by atoms with Crippen LogP contribution in [0.1, 0.15) is 21.5 Å². The third-order valence-electron chi connectivity index (χ3n) is 3.50. The van der Waals surface area contributed by atoms with E-state index in [1.165, 1.54) is 5.56 Å². The molecule has 0 spiro atoms. The average molecular weight is 370 g/mol. The number of aryl methyl sites for hydroxylation is 1. The Bertz CT molecular complexity index is 824. The van der Waals surface area contributed by atoms with E-state index in [0.717, 1.165) is 10.0 Å². The number of benzene rings is 2. The summed E-state index contributed by atoms with van der Waals surface area (Å²) < 4.78 is 2.65. The maximum atomic E-state index is 12.3. The molecule has 4 nitrogen and oxygen atoms in total. The molecule has 1 N–H and O–H groups in total. The maximum absolute atomic E-state index is 12.3. The summed E-state index contributed by atoms with van der Waals surface area (Å²) in [7, 11) is 0. The fraction of sp³-hybridized carbons (Fsp3) is 0.111. The van der Waals surface area contributed by atoms with Crippen molar-refractivity contribution >= 4 is 27.7 Å². The van der Waals surface area contributed by atoms with Gasteiger partial charge in [-0.25, -0.2) is 4.68 Å². The van der Waals surface area contributed by atoms with Gasteiger partial charge in [0.25, 0.3) is 5.91 Å². The van der Waals surface area contributed by atoms with Crippen molar-refractivity contribution in [2.24, 2.45) is 0 Å². The number of hydrogen-bond acceptors (Lipinski definition) is 2. The van der Waals surface area contributed by atoms with Crippen LogP contribution in [0.3, 0.4) is 0 Å². The molecule has 0 bridgehead atoms. The molecule has 0 saturated carbocycles. The number of amides is 1. The number of carbonyl (C=O) groups is 1. The van der Waals surface area contributed by atoms with E-state index in [0.29, 0.717) is 17.9 Å². The average Bonchev–Trinajstić information content (AvgIpc) is 2.96. The fourth-order valence-electron chi connectivity index (χ4n) is 2.25. The SMILES string of the molecule is Cc1ccc(Cn2nccc2NC(=O)c2cccc(Br)c2)cc1. The molecule has 0 aliphatic heterocycles. The molecule has 0 fully saturated rings. The number of nitrogens with one attached hydrogen (secondary N) is 1. The molecule has 0 saturated heterocycles. The lowest BCUT2D eigenvalue weighted by Crippen LogP contribution is -2.16. The van der Waals surface area contributed by atoms with Crippen molar-refractivity contribution in [3.05, 3.63) is 82.0 Å². The summed E-state index contributed by atoms with van der Waals surface area (Å²) in [5.74, 6) is 0.521. The number of rotatable bonds is 4. The molecule has 0 unspecified atom stereocenters. The predicted octanol–water partition coefficient (Wildman–Crippen LogP) is 4.25. The molecule has 116 valence electrons. The highest BCUT2D eigenvalue weighted by atomic mass is 79.9. The Kier molecular flexibility index (Phi) is 4.57. The molecule has 5 heteroatoms. The van der Waals surface area contributed by atoms with Crippen LogP contribution in [-0.4, -0.2) is 15.7 Å². The van der Waals surface area contributed by atoms with Crippen LogP contribution in [0.2, 0.25) is 0 Å². The first kappa shape index (κ1) is 15.5. The van der Waals surface area contributed by atoms with Gasteiger partial charge in [0, 0.05) is 16.1 Å². The van der Waals surface area contributed by atoms with Crippen LogP contribution in [0.25, 0.3) is 0 Å². The monoisotopic (exact) mass is 369 g/mol. The summed E-state index contributed by atoms with van der Waals surface area (Å²) in [6, 6.07) is 17.4. The minimum atomic E-state index is -0.156. The van der Waals surface area contributed by atoms with E-state index in [2.05, 4.69) is 57.5 Å². The smallest absolute Gasteiger partial charge is 0.256 e. The van der Waals surface area contributed by atoms with E-state index in [-0.39, 0.29) is 5.91 Å². The van der Waals surface area contributed by atoms with Crippen LogP contribution < -0.4 is 5.32 Å². The second-order valence-corrected chi connectivity index (χ2v) is 6.24. The molecule has 1 aromatic heterocycles. The Balaban J connectivity index is 1.75. The number of carbonyl (C=O) groups excluding carboxylic acids is 1.